The van der Waals surface area contributed by atoms with Crippen molar-refractivity contribution >= 4 is 40.8 Å². The molecule has 28 heavy (non-hydrogen) atoms. The molecule has 1 atom stereocenters. The fourth-order valence-electron chi connectivity index (χ4n) is 2.56. The molecule has 0 aliphatic carbocycles. The predicted molar refractivity (Wildman–Crippen MR) is 105 cm³/mol. The van der Waals surface area contributed by atoms with Crippen molar-refractivity contribution < 1.29 is 23.6 Å². The maximum Gasteiger partial charge on any atom is 0.293 e. The molecule has 1 aromatic carbocycles. The van der Waals surface area contributed by atoms with Crippen LogP contribution in [0.5, 0.6) is 0 Å². The molecular formula is C19H22FN3O4S. The standard InChI is InChI=1S/C19H22FN3O4S/c1-11(2)16(22-12(3)24)17(25)21-8-9-23-18(26)15(28-19(23)27)10-13-4-6-14(20)7-5-13/h4-7,10-11,16H,8-9H2,1-3H3,(H,21,25)(H,22,24)/b15-10-/t16-/m0/s1. The first-order valence-corrected chi connectivity index (χ1v) is 9.56. The summed E-state index contributed by atoms with van der Waals surface area (Å²) < 4.78 is 13.0. The van der Waals surface area contributed by atoms with E-state index in [0.717, 1.165) is 16.7 Å². The first-order valence-electron chi connectivity index (χ1n) is 8.74. The Morgan fingerprint density at radius 1 is 1.21 bits per heavy atom. The number of benzene rings is 1. The zero-order valence-corrected chi connectivity index (χ0v) is 16.6. The highest BCUT2D eigenvalue weighted by atomic mass is 32.2. The second-order valence-electron chi connectivity index (χ2n) is 6.60. The van der Waals surface area contributed by atoms with E-state index in [0.29, 0.717) is 5.56 Å². The van der Waals surface area contributed by atoms with Crippen molar-refractivity contribution in [2.45, 2.75) is 26.8 Å². The summed E-state index contributed by atoms with van der Waals surface area (Å²) >= 11 is 0.794. The molecule has 1 saturated heterocycles. The van der Waals surface area contributed by atoms with Crippen molar-refractivity contribution in [3.63, 3.8) is 0 Å². The van der Waals surface area contributed by atoms with Gasteiger partial charge in [0.15, 0.2) is 0 Å². The first-order chi connectivity index (χ1) is 13.2. The van der Waals surface area contributed by atoms with Crippen LogP contribution in [0.4, 0.5) is 9.18 Å². The van der Waals surface area contributed by atoms with Crippen LogP contribution in [0.2, 0.25) is 0 Å². The highest BCUT2D eigenvalue weighted by molar-refractivity contribution is 8.18. The number of imide groups is 1. The van der Waals surface area contributed by atoms with E-state index in [1.54, 1.807) is 13.8 Å². The van der Waals surface area contributed by atoms with E-state index in [-0.39, 0.29) is 41.5 Å². The van der Waals surface area contributed by atoms with Crippen LogP contribution >= 0.6 is 11.8 Å². The molecule has 2 N–H and O–H groups in total. The Morgan fingerprint density at radius 3 is 2.43 bits per heavy atom. The molecule has 150 valence electrons. The molecule has 0 saturated carbocycles. The molecule has 9 heteroatoms. The van der Waals surface area contributed by atoms with Gasteiger partial charge in [-0.05, 0) is 41.5 Å². The Hall–Kier alpha value is -2.68. The van der Waals surface area contributed by atoms with Crippen molar-refractivity contribution in [2.75, 3.05) is 13.1 Å². The Bertz CT molecular complexity index is 808. The number of amides is 4. The highest BCUT2D eigenvalue weighted by Crippen LogP contribution is 2.31. The van der Waals surface area contributed by atoms with Gasteiger partial charge in [0.1, 0.15) is 11.9 Å². The van der Waals surface area contributed by atoms with Crippen LogP contribution in [-0.4, -0.2) is 47.0 Å². The minimum Gasteiger partial charge on any atom is -0.353 e. The normalized spacial score (nSPS) is 16.6. The van der Waals surface area contributed by atoms with Crippen LogP contribution in [0.15, 0.2) is 29.2 Å². The maximum absolute atomic E-state index is 13.0. The molecule has 0 aromatic heterocycles. The number of halogens is 1. The zero-order chi connectivity index (χ0) is 20.8. The van der Waals surface area contributed by atoms with Crippen molar-refractivity contribution in [1.82, 2.24) is 15.5 Å². The Balaban J connectivity index is 1.94. The van der Waals surface area contributed by atoms with E-state index >= 15 is 0 Å². The van der Waals surface area contributed by atoms with Crippen molar-refractivity contribution in [1.29, 1.82) is 0 Å². The van der Waals surface area contributed by atoms with Gasteiger partial charge in [-0.15, -0.1) is 0 Å². The Morgan fingerprint density at radius 2 is 1.86 bits per heavy atom. The average Bonchev–Trinajstić information content (AvgIpc) is 2.88. The summed E-state index contributed by atoms with van der Waals surface area (Å²) in [6.45, 7) is 5.02. The quantitative estimate of drug-likeness (QED) is 0.675. The molecule has 4 amide bonds. The SMILES string of the molecule is CC(=O)N[C@H](C(=O)NCCN1C(=O)S/C(=C\c2ccc(F)cc2)C1=O)C(C)C. The molecular weight excluding hydrogens is 385 g/mol. The maximum atomic E-state index is 13.0. The summed E-state index contributed by atoms with van der Waals surface area (Å²) in [4.78, 5) is 49.3. The van der Waals surface area contributed by atoms with Crippen LogP contribution in [-0.2, 0) is 14.4 Å². The van der Waals surface area contributed by atoms with Crippen LogP contribution in [0.25, 0.3) is 6.08 Å². The smallest absolute Gasteiger partial charge is 0.293 e. The van der Waals surface area contributed by atoms with Crippen LogP contribution < -0.4 is 10.6 Å². The molecule has 1 aliphatic rings. The number of thioether (sulfide) groups is 1. The molecule has 0 spiro atoms. The third-order valence-corrected chi connectivity index (χ3v) is 4.89. The molecule has 0 bridgehead atoms. The predicted octanol–water partition coefficient (Wildman–Crippen LogP) is 2.14. The van der Waals surface area contributed by atoms with Crippen molar-refractivity contribution in [3.8, 4) is 0 Å². The van der Waals surface area contributed by atoms with Crippen molar-refractivity contribution in [2.24, 2.45) is 5.92 Å². The average molecular weight is 407 g/mol. The third kappa shape index (κ3) is 5.66. The van der Waals surface area contributed by atoms with E-state index < -0.39 is 17.2 Å². The monoisotopic (exact) mass is 407 g/mol. The van der Waals surface area contributed by atoms with Crippen LogP contribution in [0.3, 0.4) is 0 Å². The molecule has 0 unspecified atom stereocenters. The summed E-state index contributed by atoms with van der Waals surface area (Å²) in [5.74, 6) is -1.65. The van der Waals surface area contributed by atoms with E-state index in [4.69, 9.17) is 0 Å². The third-order valence-electron chi connectivity index (χ3n) is 3.98. The number of nitrogens with zero attached hydrogens (tertiary/aromatic N) is 1. The molecule has 7 nitrogen and oxygen atoms in total. The number of carbonyl (C=O) groups excluding carboxylic acids is 4. The van der Waals surface area contributed by atoms with E-state index in [1.807, 2.05) is 0 Å². The second kappa shape index (κ2) is 9.50. The molecule has 2 rings (SSSR count). The summed E-state index contributed by atoms with van der Waals surface area (Å²) in [6, 6.07) is 4.87. The number of nitrogens with one attached hydrogen (secondary N) is 2. The molecule has 1 fully saturated rings. The minimum absolute atomic E-state index is 0.0159. The largest absolute Gasteiger partial charge is 0.353 e. The second-order valence-corrected chi connectivity index (χ2v) is 7.59. The molecule has 1 aliphatic heterocycles. The van der Waals surface area contributed by atoms with Gasteiger partial charge < -0.3 is 10.6 Å². The molecule has 1 aromatic rings. The van der Waals surface area contributed by atoms with Gasteiger partial charge in [0.25, 0.3) is 11.1 Å². The van der Waals surface area contributed by atoms with Gasteiger partial charge in [-0.3, -0.25) is 24.1 Å². The van der Waals surface area contributed by atoms with E-state index in [1.165, 1.54) is 37.3 Å². The van der Waals surface area contributed by atoms with Gasteiger partial charge in [0.05, 0.1) is 4.91 Å². The molecule has 1 heterocycles. The van der Waals surface area contributed by atoms with Gasteiger partial charge in [0, 0.05) is 20.0 Å². The zero-order valence-electron chi connectivity index (χ0n) is 15.8. The van der Waals surface area contributed by atoms with Gasteiger partial charge in [-0.1, -0.05) is 26.0 Å². The van der Waals surface area contributed by atoms with Gasteiger partial charge in [-0.25, -0.2) is 4.39 Å². The summed E-state index contributed by atoms with van der Waals surface area (Å²) in [5, 5.41) is 4.78. The Kier molecular flexibility index (Phi) is 7.33. The lowest BCUT2D eigenvalue weighted by atomic mass is 10.0. The lowest BCUT2D eigenvalue weighted by Gasteiger charge is -2.21. The van der Waals surface area contributed by atoms with Gasteiger partial charge in [0.2, 0.25) is 11.8 Å². The minimum atomic E-state index is -0.689. The number of hydrogen-bond donors (Lipinski definition) is 2. The fraction of sp³-hybridized carbons (Fsp3) is 0.368. The van der Waals surface area contributed by atoms with Crippen molar-refractivity contribution in [3.05, 3.63) is 40.6 Å². The Labute approximate surface area is 166 Å². The summed E-state index contributed by atoms with van der Waals surface area (Å²) in [5.41, 5.74) is 0.607. The van der Waals surface area contributed by atoms with Gasteiger partial charge in [-0.2, -0.15) is 0 Å². The topological polar surface area (TPSA) is 95.6 Å². The number of rotatable bonds is 7. The number of hydrogen-bond acceptors (Lipinski definition) is 5. The van der Waals surface area contributed by atoms with E-state index in [9.17, 15) is 23.6 Å². The molecule has 0 radical (unpaired) electrons. The lowest BCUT2D eigenvalue weighted by Crippen LogP contribution is -2.50. The number of carbonyl (C=O) groups is 4. The van der Waals surface area contributed by atoms with Crippen LogP contribution in [0, 0.1) is 11.7 Å². The van der Waals surface area contributed by atoms with E-state index in [2.05, 4.69) is 10.6 Å². The summed E-state index contributed by atoms with van der Waals surface area (Å²) in [6.07, 6.45) is 1.52. The lowest BCUT2D eigenvalue weighted by molar-refractivity contribution is -0.129. The van der Waals surface area contributed by atoms with Crippen LogP contribution in [0.1, 0.15) is 26.3 Å². The fourth-order valence-corrected chi connectivity index (χ4v) is 3.42. The van der Waals surface area contributed by atoms with Gasteiger partial charge >= 0.3 is 0 Å². The highest BCUT2D eigenvalue weighted by Gasteiger charge is 2.34. The first kappa shape index (κ1) is 21.6. The summed E-state index contributed by atoms with van der Waals surface area (Å²) in [7, 11) is 0.